The first-order valence-electron chi connectivity index (χ1n) is 18.6. The number of anilines is 4. The number of halogens is 3. The Balaban J connectivity index is 1.02. The van der Waals surface area contributed by atoms with Crippen molar-refractivity contribution in [2.24, 2.45) is 5.92 Å². The third kappa shape index (κ3) is 7.57. The van der Waals surface area contributed by atoms with Crippen molar-refractivity contribution >= 4 is 40.6 Å². The minimum absolute atomic E-state index is 0.0225. The fourth-order valence-electron chi connectivity index (χ4n) is 7.45. The molecule has 3 aromatic heterocycles. The van der Waals surface area contributed by atoms with Crippen molar-refractivity contribution in [1.82, 2.24) is 40.1 Å². The number of nitrogens with one attached hydrogen (secondary N) is 3. The highest BCUT2D eigenvalue weighted by molar-refractivity contribution is 6.01. The van der Waals surface area contributed by atoms with Crippen molar-refractivity contribution < 1.29 is 27.6 Å². The summed E-state index contributed by atoms with van der Waals surface area (Å²) < 4.78 is 40.7. The Labute approximate surface area is 315 Å². The van der Waals surface area contributed by atoms with E-state index >= 15 is 0 Å². The van der Waals surface area contributed by atoms with E-state index < -0.39 is 18.6 Å². The number of hydrogen-bond acceptors (Lipinski definition) is 10. The van der Waals surface area contributed by atoms with Crippen LogP contribution in [0.4, 0.5) is 36.1 Å². The van der Waals surface area contributed by atoms with Gasteiger partial charge in [0.15, 0.2) is 11.5 Å². The smallest absolute Gasteiger partial charge is 0.364 e. The quantitative estimate of drug-likeness (QED) is 0.173. The number of amides is 3. The average molecular weight is 758 g/mol. The summed E-state index contributed by atoms with van der Waals surface area (Å²) >= 11 is 0. The Bertz CT molecular complexity index is 2140. The maximum Gasteiger partial charge on any atom is 0.406 e. The lowest BCUT2D eigenvalue weighted by Crippen LogP contribution is -2.48. The Morgan fingerprint density at radius 2 is 1.75 bits per heavy atom. The molecule has 0 radical (unpaired) electrons. The second-order valence-electron chi connectivity index (χ2n) is 14.9. The summed E-state index contributed by atoms with van der Waals surface area (Å²) in [6.07, 6.45) is 1.72. The second kappa shape index (κ2) is 14.2. The number of alkyl halides is 3. The van der Waals surface area contributed by atoms with Crippen LogP contribution in [0.3, 0.4) is 0 Å². The lowest BCUT2D eigenvalue weighted by atomic mass is 9.91. The zero-order chi connectivity index (χ0) is 38.6. The van der Waals surface area contributed by atoms with E-state index in [0.717, 1.165) is 67.3 Å². The lowest BCUT2D eigenvalue weighted by Gasteiger charge is -2.43. The van der Waals surface area contributed by atoms with Gasteiger partial charge in [-0.3, -0.25) is 24.0 Å². The number of hydrogen-bond donors (Lipinski definition) is 3. The average Bonchev–Trinajstić information content (AvgIpc) is 4.08. The first-order chi connectivity index (χ1) is 26.4. The first kappa shape index (κ1) is 36.4. The molecule has 0 bridgehead atoms. The van der Waals surface area contributed by atoms with Gasteiger partial charge in [0.05, 0.1) is 46.7 Å². The predicted octanol–water partition coefficient (Wildman–Crippen LogP) is 5.31. The van der Waals surface area contributed by atoms with Crippen molar-refractivity contribution in [2.75, 3.05) is 49.3 Å². The van der Waals surface area contributed by atoms with Gasteiger partial charge in [-0.2, -0.15) is 18.3 Å². The molecule has 1 saturated heterocycles. The Kier molecular flexibility index (Phi) is 9.43. The number of pyridine rings is 1. The van der Waals surface area contributed by atoms with Crippen LogP contribution in [-0.4, -0.2) is 98.4 Å². The molecule has 4 aliphatic rings. The molecule has 1 unspecified atom stereocenters. The maximum atomic E-state index is 13.3. The third-order valence-corrected chi connectivity index (χ3v) is 10.5. The normalized spacial score (nSPS) is 18.2. The number of rotatable bonds is 12. The molecule has 288 valence electrons. The summed E-state index contributed by atoms with van der Waals surface area (Å²) in [6.45, 7) is 2.58. The van der Waals surface area contributed by atoms with Gasteiger partial charge in [0, 0.05) is 62.9 Å². The fourth-order valence-corrected chi connectivity index (χ4v) is 7.45. The van der Waals surface area contributed by atoms with Crippen LogP contribution in [0, 0.1) is 5.92 Å². The molecule has 3 amide bonds. The monoisotopic (exact) mass is 757 g/mol. The van der Waals surface area contributed by atoms with E-state index in [1.165, 1.54) is 6.07 Å². The van der Waals surface area contributed by atoms with Crippen LogP contribution in [-0.2, 0) is 11.3 Å². The lowest BCUT2D eigenvalue weighted by molar-refractivity contribution is -0.138. The third-order valence-electron chi connectivity index (χ3n) is 10.5. The summed E-state index contributed by atoms with van der Waals surface area (Å²) in [5, 5.41) is 22.6. The molecular weight excluding hydrogens is 715 g/mol. The number of aromatic nitrogens is 5. The van der Waals surface area contributed by atoms with Gasteiger partial charge < -0.3 is 25.8 Å². The van der Waals surface area contributed by atoms with Crippen molar-refractivity contribution in [3.8, 4) is 11.1 Å². The highest BCUT2D eigenvalue weighted by Gasteiger charge is 2.39. The molecular formula is C38H42F3N11O3. The van der Waals surface area contributed by atoms with Crippen molar-refractivity contribution in [3.05, 3.63) is 71.4 Å². The highest BCUT2D eigenvalue weighted by Crippen LogP contribution is 2.50. The summed E-state index contributed by atoms with van der Waals surface area (Å²) in [5.74, 6) is -0.964. The molecule has 0 spiro atoms. The van der Waals surface area contributed by atoms with E-state index in [4.69, 9.17) is 5.10 Å². The van der Waals surface area contributed by atoms with E-state index in [9.17, 15) is 27.6 Å². The SMILES string of the molecule is CCC1c2c(cnn2C2CN(Cc3cccc(C(=O)N(C)CC(F)(F)F)n3)C2)-c2cccc(Nc3cc(NC(=O)C4CC4)nnc3C(=O)NC3CC3)c2N1C. The number of nitrogens with zero attached hydrogens (tertiary/aromatic N) is 8. The molecule has 1 atom stereocenters. The summed E-state index contributed by atoms with van der Waals surface area (Å²) in [4.78, 5) is 47.9. The van der Waals surface area contributed by atoms with Crippen LogP contribution in [0.1, 0.15) is 83.5 Å². The summed E-state index contributed by atoms with van der Waals surface area (Å²) in [5.41, 5.74) is 5.93. The number of carbonyl (C=O) groups is 3. The summed E-state index contributed by atoms with van der Waals surface area (Å²) in [7, 11) is 3.16. The van der Waals surface area contributed by atoms with Crippen molar-refractivity contribution in [1.29, 1.82) is 0 Å². The molecule has 55 heavy (non-hydrogen) atoms. The minimum Gasteiger partial charge on any atom is -0.364 e. The van der Waals surface area contributed by atoms with Crippen LogP contribution < -0.4 is 20.9 Å². The molecule has 3 N–H and O–H groups in total. The molecule has 5 heterocycles. The van der Waals surface area contributed by atoms with Gasteiger partial charge in [-0.1, -0.05) is 25.1 Å². The summed E-state index contributed by atoms with van der Waals surface area (Å²) in [6, 6.07) is 12.6. The van der Waals surface area contributed by atoms with Crippen molar-refractivity contribution in [3.63, 3.8) is 0 Å². The number of fused-ring (bicyclic) bond motifs is 3. The fraction of sp³-hybridized carbons (Fsp3) is 0.447. The Morgan fingerprint density at radius 1 is 0.982 bits per heavy atom. The molecule has 4 aromatic rings. The van der Waals surface area contributed by atoms with Crippen LogP contribution in [0.5, 0.6) is 0 Å². The van der Waals surface area contributed by atoms with Crippen molar-refractivity contribution in [2.45, 2.75) is 69.9 Å². The molecule has 8 rings (SSSR count). The topological polar surface area (TPSA) is 154 Å². The Morgan fingerprint density at radius 3 is 2.45 bits per heavy atom. The zero-order valence-corrected chi connectivity index (χ0v) is 30.7. The van der Waals surface area contributed by atoms with Crippen LogP contribution in [0.15, 0.2) is 48.7 Å². The predicted molar refractivity (Wildman–Crippen MR) is 198 cm³/mol. The number of likely N-dealkylation sites (tertiary alicyclic amines) is 1. The largest absolute Gasteiger partial charge is 0.406 e. The second-order valence-corrected chi connectivity index (χ2v) is 14.9. The first-order valence-corrected chi connectivity index (χ1v) is 18.6. The standard InChI is InChI=1S/C38H42F3N11O3/c1-4-30-34-26(16-42-52(34)24-18-51(19-24)17-23-7-5-10-28(43-23)37(55)49(2)20-38(39,40)41)25-8-6-9-27(33(25)50(30)3)45-29-15-31(46-35(53)21-11-12-21)47-48-32(29)36(54)44-22-13-14-22/h5-10,15-16,21-22,24,30H,4,11-14,17-20H2,1-3H3,(H,44,54)(H2,45,46,47,53). The molecule has 3 fully saturated rings. The van der Waals surface area contributed by atoms with Gasteiger partial charge in [0.2, 0.25) is 5.91 Å². The van der Waals surface area contributed by atoms with E-state index in [-0.39, 0.29) is 53.1 Å². The zero-order valence-electron chi connectivity index (χ0n) is 30.7. The highest BCUT2D eigenvalue weighted by atomic mass is 19.4. The number of benzene rings is 1. The Hall–Kier alpha value is -5.58. The molecule has 2 aliphatic heterocycles. The van der Waals surface area contributed by atoms with Gasteiger partial charge in [-0.25, -0.2) is 4.98 Å². The van der Waals surface area contributed by atoms with Crippen LogP contribution in [0.25, 0.3) is 11.1 Å². The van der Waals surface area contributed by atoms with Crippen LogP contribution in [0.2, 0.25) is 0 Å². The van der Waals surface area contributed by atoms with E-state index in [1.807, 2.05) is 25.4 Å². The van der Waals surface area contributed by atoms with E-state index in [1.54, 1.807) is 18.2 Å². The number of carbonyl (C=O) groups excluding carboxylic acids is 3. The molecule has 17 heteroatoms. The maximum absolute atomic E-state index is 13.3. The van der Waals surface area contributed by atoms with Gasteiger partial charge in [-0.15, -0.1) is 10.2 Å². The number of para-hydroxylation sites is 1. The van der Waals surface area contributed by atoms with Gasteiger partial charge >= 0.3 is 6.18 Å². The molecule has 14 nitrogen and oxygen atoms in total. The molecule has 1 aromatic carbocycles. The van der Waals surface area contributed by atoms with Gasteiger partial charge in [-0.05, 0) is 50.3 Å². The van der Waals surface area contributed by atoms with Crippen LogP contribution >= 0.6 is 0 Å². The van der Waals surface area contributed by atoms with Gasteiger partial charge in [0.1, 0.15) is 12.2 Å². The van der Waals surface area contributed by atoms with Gasteiger partial charge in [0.25, 0.3) is 11.8 Å². The minimum atomic E-state index is -4.50. The van der Waals surface area contributed by atoms with E-state index in [2.05, 4.69) is 58.6 Å². The molecule has 2 aliphatic carbocycles. The van der Waals surface area contributed by atoms with E-state index in [0.29, 0.717) is 35.9 Å². The molecule has 2 saturated carbocycles.